The summed E-state index contributed by atoms with van der Waals surface area (Å²) in [5, 5.41) is 3.00. The molecule has 0 radical (unpaired) electrons. The number of benzene rings is 2. The van der Waals surface area contributed by atoms with Crippen molar-refractivity contribution in [3.63, 3.8) is 0 Å². The van der Waals surface area contributed by atoms with Crippen LogP contribution in [0.15, 0.2) is 39.3 Å². The van der Waals surface area contributed by atoms with Crippen molar-refractivity contribution < 1.29 is 13.2 Å². The Bertz CT molecular complexity index is 662. The fourth-order valence-corrected chi connectivity index (χ4v) is 3.11. The zero-order valence-corrected chi connectivity index (χ0v) is 14.2. The molecule has 0 spiro atoms. The summed E-state index contributed by atoms with van der Waals surface area (Å²) in [6, 6.07) is 6.43. The van der Waals surface area contributed by atoms with Gasteiger partial charge in [-0.1, -0.05) is 22.0 Å². The molecule has 0 aliphatic heterocycles. The lowest BCUT2D eigenvalue weighted by Gasteiger charge is -2.19. The van der Waals surface area contributed by atoms with E-state index in [1.807, 2.05) is 0 Å². The van der Waals surface area contributed by atoms with Crippen molar-refractivity contribution in [3.05, 3.63) is 67.9 Å². The second-order valence-corrected chi connectivity index (χ2v) is 6.24. The van der Waals surface area contributed by atoms with E-state index in [9.17, 15) is 13.2 Å². The van der Waals surface area contributed by atoms with Crippen LogP contribution >= 0.6 is 31.9 Å². The number of hydrogen-bond donors (Lipinski definition) is 1. The molecule has 0 aliphatic rings. The highest BCUT2D eigenvalue weighted by Crippen LogP contribution is 2.30. The molecule has 0 amide bonds. The molecule has 0 saturated heterocycles. The average Bonchev–Trinajstić information content (AvgIpc) is 2.44. The maximum atomic E-state index is 14.1. The molecular weight excluding hydrogens is 411 g/mol. The Morgan fingerprint density at radius 1 is 1.05 bits per heavy atom. The van der Waals surface area contributed by atoms with Crippen LogP contribution in [-0.2, 0) is 6.42 Å². The van der Waals surface area contributed by atoms with Gasteiger partial charge >= 0.3 is 0 Å². The number of likely N-dealkylation sites (N-methyl/N-ethyl adjacent to an activating group) is 1. The third-order valence-corrected chi connectivity index (χ3v) is 4.53. The van der Waals surface area contributed by atoms with E-state index in [1.54, 1.807) is 13.1 Å². The molecule has 0 heterocycles. The van der Waals surface area contributed by atoms with Crippen LogP contribution in [0.5, 0.6) is 0 Å². The summed E-state index contributed by atoms with van der Waals surface area (Å²) in [4.78, 5) is 0. The molecule has 1 atom stereocenters. The molecule has 2 rings (SSSR count). The van der Waals surface area contributed by atoms with Gasteiger partial charge in [0, 0.05) is 16.1 Å². The van der Waals surface area contributed by atoms with Gasteiger partial charge in [0.1, 0.15) is 17.5 Å². The largest absolute Gasteiger partial charge is 0.313 e. The van der Waals surface area contributed by atoms with Gasteiger partial charge in [-0.15, -0.1) is 0 Å². The Morgan fingerprint density at radius 3 is 2.38 bits per heavy atom. The summed E-state index contributed by atoms with van der Waals surface area (Å²) in [6.07, 6.45) is 0.109. The molecule has 112 valence electrons. The quantitative estimate of drug-likeness (QED) is 0.673. The maximum Gasteiger partial charge on any atom is 0.143 e. The second-order valence-electron chi connectivity index (χ2n) is 4.53. The second kappa shape index (κ2) is 6.94. The van der Waals surface area contributed by atoms with Crippen LogP contribution in [0.2, 0.25) is 0 Å². The maximum absolute atomic E-state index is 14.1. The lowest BCUT2D eigenvalue weighted by atomic mass is 9.98. The van der Waals surface area contributed by atoms with Crippen LogP contribution in [0.3, 0.4) is 0 Å². The molecule has 0 fully saturated rings. The van der Waals surface area contributed by atoms with Crippen LogP contribution < -0.4 is 5.32 Å². The molecule has 1 N–H and O–H groups in total. The van der Waals surface area contributed by atoms with E-state index in [0.717, 1.165) is 5.56 Å². The van der Waals surface area contributed by atoms with Crippen LogP contribution in [-0.4, -0.2) is 7.05 Å². The summed E-state index contributed by atoms with van der Waals surface area (Å²) in [7, 11) is 1.69. The lowest BCUT2D eigenvalue weighted by Crippen LogP contribution is -2.20. The Hall–Kier alpha value is -0.850. The number of hydrogen-bond acceptors (Lipinski definition) is 1. The van der Waals surface area contributed by atoms with Crippen molar-refractivity contribution in [3.8, 4) is 0 Å². The highest BCUT2D eigenvalue weighted by molar-refractivity contribution is 9.10. The molecule has 6 heteroatoms. The topological polar surface area (TPSA) is 12.0 Å². The molecule has 2 aromatic rings. The highest BCUT2D eigenvalue weighted by atomic mass is 79.9. The highest BCUT2D eigenvalue weighted by Gasteiger charge is 2.20. The van der Waals surface area contributed by atoms with Gasteiger partial charge in [0.15, 0.2) is 0 Å². The molecule has 1 nitrogen and oxygen atoms in total. The summed E-state index contributed by atoms with van der Waals surface area (Å²) < 4.78 is 41.8. The van der Waals surface area contributed by atoms with Crippen LogP contribution in [0.4, 0.5) is 13.2 Å². The van der Waals surface area contributed by atoms with Gasteiger partial charge in [-0.25, -0.2) is 13.2 Å². The normalized spacial score (nSPS) is 12.5. The summed E-state index contributed by atoms with van der Waals surface area (Å²) >= 11 is 6.33. The van der Waals surface area contributed by atoms with E-state index in [0.29, 0.717) is 4.47 Å². The van der Waals surface area contributed by atoms with Gasteiger partial charge < -0.3 is 5.32 Å². The number of rotatable bonds is 4. The van der Waals surface area contributed by atoms with E-state index in [-0.39, 0.29) is 28.3 Å². The first-order chi connectivity index (χ1) is 9.93. The van der Waals surface area contributed by atoms with E-state index >= 15 is 0 Å². The minimum atomic E-state index is -0.617. The zero-order chi connectivity index (χ0) is 15.6. The Labute approximate surface area is 137 Å². The fourth-order valence-electron chi connectivity index (χ4n) is 2.11. The predicted molar refractivity (Wildman–Crippen MR) is 83.7 cm³/mol. The molecule has 0 saturated carbocycles. The van der Waals surface area contributed by atoms with E-state index < -0.39 is 11.6 Å². The fraction of sp³-hybridized carbons (Fsp3) is 0.200. The minimum Gasteiger partial charge on any atom is -0.313 e. The third kappa shape index (κ3) is 3.67. The van der Waals surface area contributed by atoms with Gasteiger partial charge in [0.2, 0.25) is 0 Å². The van der Waals surface area contributed by atoms with E-state index in [1.165, 1.54) is 24.3 Å². The van der Waals surface area contributed by atoms with Crippen molar-refractivity contribution in [2.24, 2.45) is 0 Å². The number of halogens is 5. The van der Waals surface area contributed by atoms with Crippen molar-refractivity contribution in [2.75, 3.05) is 7.05 Å². The van der Waals surface area contributed by atoms with Crippen molar-refractivity contribution in [1.82, 2.24) is 5.32 Å². The van der Waals surface area contributed by atoms with Gasteiger partial charge in [-0.2, -0.15) is 0 Å². The smallest absolute Gasteiger partial charge is 0.143 e. The van der Waals surface area contributed by atoms with Crippen molar-refractivity contribution >= 4 is 31.9 Å². The van der Waals surface area contributed by atoms with Crippen molar-refractivity contribution in [2.45, 2.75) is 12.5 Å². The lowest BCUT2D eigenvalue weighted by molar-refractivity contribution is 0.511. The number of nitrogens with one attached hydrogen (secondary N) is 1. The molecule has 21 heavy (non-hydrogen) atoms. The van der Waals surface area contributed by atoms with Crippen LogP contribution in [0.1, 0.15) is 17.2 Å². The third-order valence-electron chi connectivity index (χ3n) is 3.23. The summed E-state index contributed by atoms with van der Waals surface area (Å²) in [5.74, 6) is -1.59. The van der Waals surface area contributed by atoms with E-state index in [2.05, 4.69) is 37.2 Å². The molecule has 0 aliphatic carbocycles. The first-order valence-corrected chi connectivity index (χ1v) is 7.77. The minimum absolute atomic E-state index is 0.0139. The van der Waals surface area contributed by atoms with Gasteiger partial charge in [0.05, 0.1) is 4.47 Å². The Balaban J connectivity index is 2.38. The Kier molecular flexibility index (Phi) is 5.46. The SMILES string of the molecule is CNC(Cc1c(F)ccc(Br)c1F)c1ccc(F)cc1Br. The summed E-state index contributed by atoms with van der Waals surface area (Å²) in [6.45, 7) is 0. The first kappa shape index (κ1) is 16.5. The predicted octanol–water partition coefficient (Wildman–Crippen LogP) is 5.13. The first-order valence-electron chi connectivity index (χ1n) is 6.18. The molecule has 2 aromatic carbocycles. The van der Waals surface area contributed by atoms with E-state index in [4.69, 9.17) is 0 Å². The van der Waals surface area contributed by atoms with Crippen molar-refractivity contribution in [1.29, 1.82) is 0 Å². The van der Waals surface area contributed by atoms with Gasteiger partial charge in [0.25, 0.3) is 0 Å². The zero-order valence-electron chi connectivity index (χ0n) is 11.1. The molecular formula is C15H12Br2F3N. The standard InChI is InChI=1S/C15H12Br2F3N/c1-21-14(9-3-2-8(18)6-12(9)17)7-10-13(19)5-4-11(16)15(10)20/h2-6,14,21H,7H2,1H3. The van der Waals surface area contributed by atoms with Crippen LogP contribution in [0.25, 0.3) is 0 Å². The molecule has 1 unspecified atom stereocenters. The monoisotopic (exact) mass is 421 g/mol. The average molecular weight is 423 g/mol. The molecule has 0 aromatic heterocycles. The van der Waals surface area contributed by atoms with Gasteiger partial charge in [-0.3, -0.25) is 0 Å². The molecule has 0 bridgehead atoms. The Morgan fingerprint density at radius 2 is 1.76 bits per heavy atom. The van der Waals surface area contributed by atoms with Gasteiger partial charge in [-0.05, 0) is 59.2 Å². The summed E-state index contributed by atoms with van der Waals surface area (Å²) in [5.41, 5.74) is 0.720. The van der Waals surface area contributed by atoms with Crippen LogP contribution in [0, 0.1) is 17.5 Å².